The number of imidazole rings is 1. The van der Waals surface area contributed by atoms with Gasteiger partial charge in [0.15, 0.2) is 0 Å². The zero-order chi connectivity index (χ0) is 22.2. The average Bonchev–Trinajstić information content (AvgIpc) is 3.37. The van der Waals surface area contributed by atoms with Crippen LogP contribution in [0.2, 0.25) is 0 Å². The first-order valence-corrected chi connectivity index (χ1v) is 11.9. The van der Waals surface area contributed by atoms with E-state index in [0.717, 1.165) is 46.3 Å². The summed E-state index contributed by atoms with van der Waals surface area (Å²) in [4.78, 5) is 12.4. The Kier molecular flexibility index (Phi) is 5.40. The van der Waals surface area contributed by atoms with E-state index in [0.29, 0.717) is 18.0 Å². The van der Waals surface area contributed by atoms with Gasteiger partial charge in [-0.05, 0) is 36.6 Å². The Morgan fingerprint density at radius 1 is 1.16 bits per heavy atom. The van der Waals surface area contributed by atoms with E-state index in [2.05, 4.69) is 25.9 Å². The Bertz CT molecular complexity index is 1250. The van der Waals surface area contributed by atoms with Crippen LogP contribution in [0.15, 0.2) is 47.9 Å². The van der Waals surface area contributed by atoms with Gasteiger partial charge in [-0.2, -0.15) is 0 Å². The van der Waals surface area contributed by atoms with Gasteiger partial charge in [0.1, 0.15) is 5.82 Å². The molecule has 1 aromatic carbocycles. The van der Waals surface area contributed by atoms with Crippen LogP contribution in [0.4, 0.5) is 0 Å². The van der Waals surface area contributed by atoms with Crippen molar-refractivity contribution in [1.29, 1.82) is 0 Å². The molecule has 0 saturated carbocycles. The molecule has 3 aromatic rings. The smallest absolute Gasteiger partial charge is 0.208 e. The van der Waals surface area contributed by atoms with Gasteiger partial charge in [-0.1, -0.05) is 31.1 Å². The number of pyridine rings is 1. The Balaban J connectivity index is 1.80. The van der Waals surface area contributed by atoms with Crippen molar-refractivity contribution in [2.24, 2.45) is 5.16 Å². The van der Waals surface area contributed by atoms with E-state index in [1.165, 1.54) is 0 Å². The molecule has 0 unspecified atom stereocenters. The van der Waals surface area contributed by atoms with Gasteiger partial charge >= 0.3 is 0 Å². The summed E-state index contributed by atoms with van der Waals surface area (Å²) in [7, 11) is -3.32. The summed E-state index contributed by atoms with van der Waals surface area (Å²) < 4.78 is 25.8. The summed E-state index contributed by atoms with van der Waals surface area (Å²) >= 11 is 0. The molecule has 9 heteroatoms. The summed E-state index contributed by atoms with van der Waals surface area (Å²) in [5.41, 5.74) is 5.74. The lowest BCUT2D eigenvalue weighted by Crippen LogP contribution is -2.36. The zero-order valence-corrected chi connectivity index (χ0v) is 18.5. The van der Waals surface area contributed by atoms with E-state index >= 15 is 0 Å². The van der Waals surface area contributed by atoms with Gasteiger partial charge in [0.05, 0.1) is 23.4 Å². The highest BCUT2D eigenvalue weighted by Gasteiger charge is 2.28. The molecule has 31 heavy (non-hydrogen) atoms. The fourth-order valence-corrected chi connectivity index (χ4v) is 4.37. The van der Waals surface area contributed by atoms with Crippen LogP contribution < -0.4 is 4.72 Å². The van der Waals surface area contributed by atoms with E-state index in [1.807, 2.05) is 38.1 Å². The fourth-order valence-electron chi connectivity index (χ4n) is 3.75. The third-order valence-corrected chi connectivity index (χ3v) is 6.20. The summed E-state index contributed by atoms with van der Waals surface area (Å²) in [6.45, 7) is 4.10. The number of hydrogen-bond acceptors (Lipinski definition) is 6. The third kappa shape index (κ3) is 4.38. The first kappa shape index (κ1) is 21.2. The maximum atomic E-state index is 11.6. The van der Waals surface area contributed by atoms with Crippen molar-refractivity contribution in [2.75, 3.05) is 12.8 Å². The van der Waals surface area contributed by atoms with Gasteiger partial charge in [-0.3, -0.25) is 4.98 Å². The number of aryl methyl sites for hydroxylation is 1. The van der Waals surface area contributed by atoms with Crippen molar-refractivity contribution in [2.45, 2.75) is 32.1 Å². The van der Waals surface area contributed by atoms with Crippen LogP contribution in [-0.4, -0.2) is 47.1 Å². The molecule has 0 atom stereocenters. The second-order valence-corrected chi connectivity index (χ2v) is 10.3. The van der Waals surface area contributed by atoms with Crippen LogP contribution in [0.3, 0.4) is 0 Å². The van der Waals surface area contributed by atoms with Crippen LogP contribution in [0.1, 0.15) is 37.2 Å². The van der Waals surface area contributed by atoms with Crippen molar-refractivity contribution in [1.82, 2.24) is 19.7 Å². The molecular formula is C22H25N5O3S. The molecule has 0 spiro atoms. The monoisotopic (exact) mass is 439 g/mol. The summed E-state index contributed by atoms with van der Waals surface area (Å²) in [6, 6.07) is 9.84. The maximum absolute atomic E-state index is 11.6. The number of aromatic amines is 1. The van der Waals surface area contributed by atoms with Crippen LogP contribution >= 0.6 is 0 Å². The number of nitrogens with one attached hydrogen (secondary N) is 2. The number of H-pyrrole nitrogens is 1. The SMILES string of the molecule is CC(C)(CNS(C)(=O)=O)c1nc(-c2ccc3c(c2)CC/C3=N/O)c(-c2ccncc2)[nH]1. The number of sulfonamides is 1. The summed E-state index contributed by atoms with van der Waals surface area (Å²) in [5, 5.41) is 12.6. The number of hydrogen-bond donors (Lipinski definition) is 3. The summed E-state index contributed by atoms with van der Waals surface area (Å²) in [6.07, 6.45) is 6.12. The minimum atomic E-state index is -3.32. The second kappa shape index (κ2) is 7.90. The molecule has 0 bridgehead atoms. The minimum Gasteiger partial charge on any atom is -0.411 e. The Morgan fingerprint density at radius 2 is 1.90 bits per heavy atom. The van der Waals surface area contributed by atoms with Crippen molar-refractivity contribution in [3.05, 3.63) is 59.7 Å². The van der Waals surface area contributed by atoms with Crippen molar-refractivity contribution >= 4 is 15.7 Å². The molecule has 0 aliphatic heterocycles. The van der Waals surface area contributed by atoms with E-state index in [9.17, 15) is 13.6 Å². The highest BCUT2D eigenvalue weighted by atomic mass is 32.2. The molecule has 2 aromatic heterocycles. The number of oxime groups is 1. The Hall–Kier alpha value is -3.04. The molecular weight excluding hydrogens is 414 g/mol. The average molecular weight is 440 g/mol. The first-order chi connectivity index (χ1) is 14.7. The highest BCUT2D eigenvalue weighted by molar-refractivity contribution is 7.88. The van der Waals surface area contributed by atoms with Crippen molar-refractivity contribution in [3.8, 4) is 22.5 Å². The lowest BCUT2D eigenvalue weighted by atomic mass is 9.93. The molecule has 2 heterocycles. The molecule has 3 N–H and O–H groups in total. The molecule has 8 nitrogen and oxygen atoms in total. The molecule has 1 aliphatic rings. The number of aromatic nitrogens is 3. The van der Waals surface area contributed by atoms with Gasteiger partial charge in [0, 0.05) is 41.0 Å². The molecule has 0 radical (unpaired) electrons. The van der Waals surface area contributed by atoms with Crippen LogP contribution in [0, 0.1) is 0 Å². The van der Waals surface area contributed by atoms with Gasteiger partial charge in [-0.25, -0.2) is 18.1 Å². The largest absolute Gasteiger partial charge is 0.411 e. The van der Waals surface area contributed by atoms with Gasteiger partial charge in [-0.15, -0.1) is 0 Å². The number of nitrogens with zero attached hydrogens (tertiary/aromatic N) is 3. The van der Waals surface area contributed by atoms with E-state index in [-0.39, 0.29) is 6.54 Å². The predicted octanol–water partition coefficient (Wildman–Crippen LogP) is 3.09. The van der Waals surface area contributed by atoms with Gasteiger partial charge < -0.3 is 10.2 Å². The van der Waals surface area contributed by atoms with E-state index in [4.69, 9.17) is 4.98 Å². The maximum Gasteiger partial charge on any atom is 0.208 e. The number of benzene rings is 1. The zero-order valence-electron chi connectivity index (χ0n) is 17.7. The van der Waals surface area contributed by atoms with Gasteiger partial charge in [0.2, 0.25) is 10.0 Å². The van der Waals surface area contributed by atoms with Crippen LogP contribution in [0.25, 0.3) is 22.5 Å². The normalized spacial score (nSPS) is 15.4. The van der Waals surface area contributed by atoms with Crippen LogP contribution in [-0.2, 0) is 21.9 Å². The van der Waals surface area contributed by atoms with Crippen molar-refractivity contribution < 1.29 is 13.6 Å². The van der Waals surface area contributed by atoms with Crippen molar-refractivity contribution in [3.63, 3.8) is 0 Å². The first-order valence-electron chi connectivity index (χ1n) is 9.98. The number of rotatable bonds is 6. The number of fused-ring (bicyclic) bond motifs is 1. The highest BCUT2D eigenvalue weighted by Crippen LogP contribution is 2.35. The predicted molar refractivity (Wildman–Crippen MR) is 120 cm³/mol. The fraction of sp³-hybridized carbons (Fsp3) is 0.318. The lowest BCUT2D eigenvalue weighted by Gasteiger charge is -2.22. The molecule has 4 rings (SSSR count). The minimum absolute atomic E-state index is 0.217. The van der Waals surface area contributed by atoms with Crippen LogP contribution in [0.5, 0.6) is 0 Å². The molecule has 0 amide bonds. The standard InChI is InChI=1S/C22H25N5O3S/c1-22(2,13-24-31(3,29)30)21-25-19(14-8-10-23-11-9-14)20(26-21)16-4-6-17-15(12-16)5-7-18(17)27-28/h4,6,8-12,24,28H,5,7,13H2,1-3H3,(H,25,26)/b27-18-. The van der Waals surface area contributed by atoms with Gasteiger partial charge in [0.25, 0.3) is 0 Å². The van der Waals surface area contributed by atoms with E-state index < -0.39 is 15.4 Å². The summed E-state index contributed by atoms with van der Waals surface area (Å²) in [5.74, 6) is 0.684. The Morgan fingerprint density at radius 3 is 2.58 bits per heavy atom. The quantitative estimate of drug-likeness (QED) is 0.403. The molecule has 0 fully saturated rings. The topological polar surface area (TPSA) is 120 Å². The Labute approximate surface area is 181 Å². The lowest BCUT2D eigenvalue weighted by molar-refractivity contribution is 0.318. The molecule has 162 valence electrons. The molecule has 0 saturated heterocycles. The second-order valence-electron chi connectivity index (χ2n) is 8.44. The third-order valence-electron chi connectivity index (χ3n) is 5.53. The van der Waals surface area contributed by atoms with E-state index in [1.54, 1.807) is 12.4 Å². The molecule has 1 aliphatic carbocycles.